The Bertz CT molecular complexity index is 347. The molecule has 0 aliphatic heterocycles. The topological polar surface area (TPSA) is 20.2 Å². The van der Waals surface area contributed by atoms with Crippen LogP contribution in [0.5, 0.6) is 0 Å². The van der Waals surface area contributed by atoms with E-state index in [2.05, 4.69) is 0 Å². The number of hydrogen-bond donors (Lipinski definition) is 1. The second kappa shape index (κ2) is 3.81. The molecule has 14 heavy (non-hydrogen) atoms. The largest absolute Gasteiger partial charge is 0.387 e. The van der Waals surface area contributed by atoms with Crippen LogP contribution in [-0.4, -0.2) is 5.11 Å². The Morgan fingerprint density at radius 3 is 2.21 bits per heavy atom. The molecule has 2 rings (SSSR count). The fraction of sp³-hybridized carbons (Fsp3) is 0.231. The van der Waals surface area contributed by atoms with Crippen LogP contribution in [0.3, 0.4) is 0 Å². The van der Waals surface area contributed by atoms with Crippen molar-refractivity contribution in [3.63, 3.8) is 0 Å². The van der Waals surface area contributed by atoms with Gasteiger partial charge in [0.05, 0.1) is 6.10 Å². The predicted octanol–water partition coefficient (Wildman–Crippen LogP) is 2.77. The van der Waals surface area contributed by atoms with Crippen LogP contribution < -0.4 is 0 Å². The highest BCUT2D eigenvalue weighted by Gasteiger charge is 2.16. The van der Waals surface area contributed by atoms with Crippen LogP contribution in [0, 0.1) is 12.8 Å². The van der Waals surface area contributed by atoms with Crippen LogP contribution >= 0.6 is 0 Å². The molecule has 1 aromatic rings. The molecule has 1 N–H and O–H groups in total. The predicted molar refractivity (Wildman–Crippen MR) is 57.9 cm³/mol. The third-order valence-corrected chi connectivity index (χ3v) is 2.56. The summed E-state index contributed by atoms with van der Waals surface area (Å²) >= 11 is 0. The van der Waals surface area contributed by atoms with E-state index in [9.17, 15) is 5.11 Å². The Labute approximate surface area is 84.4 Å². The van der Waals surface area contributed by atoms with E-state index in [1.165, 1.54) is 5.56 Å². The quantitative estimate of drug-likeness (QED) is 0.753. The number of aliphatic hydroxyl groups is 1. The molecule has 72 valence electrons. The van der Waals surface area contributed by atoms with Crippen molar-refractivity contribution < 1.29 is 5.11 Å². The summed E-state index contributed by atoms with van der Waals surface area (Å²) in [5.74, 6) is 0.137. The van der Waals surface area contributed by atoms with Gasteiger partial charge >= 0.3 is 0 Å². The molecule has 0 aromatic heterocycles. The molecule has 0 radical (unpaired) electrons. The third-order valence-electron chi connectivity index (χ3n) is 2.56. The van der Waals surface area contributed by atoms with Gasteiger partial charge in [0.2, 0.25) is 0 Å². The molecule has 1 atom stereocenters. The van der Waals surface area contributed by atoms with E-state index in [1.54, 1.807) is 0 Å². The van der Waals surface area contributed by atoms with E-state index in [0.29, 0.717) is 0 Å². The van der Waals surface area contributed by atoms with Gasteiger partial charge in [0.25, 0.3) is 0 Å². The SMILES string of the molecule is Cc1ccc([C@@H](O)C2C=CC=C2)cc1. The summed E-state index contributed by atoms with van der Waals surface area (Å²) in [6, 6.07) is 8.03. The Morgan fingerprint density at radius 2 is 1.64 bits per heavy atom. The van der Waals surface area contributed by atoms with Crippen molar-refractivity contribution in [2.45, 2.75) is 13.0 Å². The van der Waals surface area contributed by atoms with Gasteiger partial charge in [-0.2, -0.15) is 0 Å². The van der Waals surface area contributed by atoms with Gasteiger partial charge in [-0.05, 0) is 12.5 Å². The molecule has 0 heterocycles. The Morgan fingerprint density at radius 1 is 1.07 bits per heavy atom. The van der Waals surface area contributed by atoms with Gasteiger partial charge in [0.15, 0.2) is 0 Å². The minimum absolute atomic E-state index is 0.137. The molecule has 0 amide bonds. The number of rotatable bonds is 2. The summed E-state index contributed by atoms with van der Waals surface area (Å²) < 4.78 is 0. The normalized spacial score (nSPS) is 17.6. The lowest BCUT2D eigenvalue weighted by Gasteiger charge is -2.15. The maximum absolute atomic E-state index is 10.0. The van der Waals surface area contributed by atoms with Crippen LogP contribution in [-0.2, 0) is 0 Å². The molecule has 1 aliphatic rings. The molecule has 0 unspecified atom stereocenters. The van der Waals surface area contributed by atoms with Gasteiger partial charge in [-0.1, -0.05) is 54.1 Å². The van der Waals surface area contributed by atoms with Gasteiger partial charge < -0.3 is 5.11 Å². The van der Waals surface area contributed by atoms with Crippen molar-refractivity contribution in [3.8, 4) is 0 Å². The Hall–Kier alpha value is -1.34. The molecule has 0 spiro atoms. The lowest BCUT2D eigenvalue weighted by molar-refractivity contribution is 0.152. The molecule has 1 aromatic carbocycles. The highest BCUT2D eigenvalue weighted by molar-refractivity contribution is 5.28. The summed E-state index contributed by atoms with van der Waals surface area (Å²) in [7, 11) is 0. The number of hydrogen-bond acceptors (Lipinski definition) is 1. The molecule has 1 aliphatic carbocycles. The summed E-state index contributed by atoms with van der Waals surface area (Å²) in [6.45, 7) is 2.05. The van der Waals surface area contributed by atoms with E-state index in [0.717, 1.165) is 5.56 Å². The number of allylic oxidation sites excluding steroid dienone is 2. The second-order valence-electron chi connectivity index (χ2n) is 3.70. The zero-order valence-corrected chi connectivity index (χ0v) is 8.22. The van der Waals surface area contributed by atoms with E-state index in [-0.39, 0.29) is 5.92 Å². The molecule has 0 bridgehead atoms. The Balaban J connectivity index is 2.18. The smallest absolute Gasteiger partial charge is 0.0887 e. The Kier molecular flexibility index (Phi) is 2.51. The third kappa shape index (κ3) is 1.78. The molecule has 1 nitrogen and oxygen atoms in total. The van der Waals surface area contributed by atoms with Gasteiger partial charge in [-0.15, -0.1) is 0 Å². The molecule has 1 heteroatoms. The van der Waals surface area contributed by atoms with E-state index < -0.39 is 6.10 Å². The molecule has 0 saturated heterocycles. The highest BCUT2D eigenvalue weighted by atomic mass is 16.3. The van der Waals surface area contributed by atoms with Crippen molar-refractivity contribution in [1.29, 1.82) is 0 Å². The summed E-state index contributed by atoms with van der Waals surface area (Å²) in [6.07, 6.45) is 7.57. The summed E-state index contributed by atoms with van der Waals surface area (Å²) in [4.78, 5) is 0. The van der Waals surface area contributed by atoms with Crippen LogP contribution in [0.25, 0.3) is 0 Å². The highest BCUT2D eigenvalue weighted by Crippen LogP contribution is 2.26. The first-order chi connectivity index (χ1) is 6.77. The monoisotopic (exact) mass is 186 g/mol. The number of aryl methyl sites for hydroxylation is 1. The van der Waals surface area contributed by atoms with Crippen LogP contribution in [0.1, 0.15) is 17.2 Å². The van der Waals surface area contributed by atoms with Crippen LogP contribution in [0.2, 0.25) is 0 Å². The van der Waals surface area contributed by atoms with E-state index >= 15 is 0 Å². The standard InChI is InChI=1S/C13H14O/c1-10-6-8-12(9-7-10)13(14)11-4-2-3-5-11/h2-9,11,13-14H,1H3/t13-/m0/s1. The van der Waals surface area contributed by atoms with Crippen molar-refractivity contribution in [3.05, 3.63) is 59.7 Å². The first-order valence-corrected chi connectivity index (χ1v) is 4.87. The lowest BCUT2D eigenvalue weighted by Crippen LogP contribution is -2.06. The molecular formula is C13H14O. The first-order valence-electron chi connectivity index (χ1n) is 4.87. The first kappa shape index (κ1) is 9.22. The second-order valence-corrected chi connectivity index (χ2v) is 3.70. The average Bonchev–Trinajstić information content (AvgIpc) is 2.71. The summed E-state index contributed by atoms with van der Waals surface area (Å²) in [5, 5.41) is 10.0. The summed E-state index contributed by atoms with van der Waals surface area (Å²) in [5.41, 5.74) is 2.20. The fourth-order valence-corrected chi connectivity index (χ4v) is 1.65. The zero-order valence-electron chi connectivity index (χ0n) is 8.22. The minimum Gasteiger partial charge on any atom is -0.387 e. The van der Waals surface area contributed by atoms with Crippen molar-refractivity contribution in [2.24, 2.45) is 5.92 Å². The van der Waals surface area contributed by atoms with E-state index in [4.69, 9.17) is 0 Å². The van der Waals surface area contributed by atoms with Crippen molar-refractivity contribution in [2.75, 3.05) is 0 Å². The lowest BCUT2D eigenvalue weighted by atomic mass is 9.96. The average molecular weight is 186 g/mol. The van der Waals surface area contributed by atoms with Gasteiger partial charge in [-0.3, -0.25) is 0 Å². The van der Waals surface area contributed by atoms with Gasteiger partial charge in [0.1, 0.15) is 0 Å². The van der Waals surface area contributed by atoms with Gasteiger partial charge in [0, 0.05) is 5.92 Å². The van der Waals surface area contributed by atoms with Crippen LogP contribution in [0.15, 0.2) is 48.6 Å². The molecule has 0 saturated carbocycles. The number of benzene rings is 1. The maximum Gasteiger partial charge on any atom is 0.0887 e. The fourth-order valence-electron chi connectivity index (χ4n) is 1.65. The number of aliphatic hydroxyl groups excluding tert-OH is 1. The minimum atomic E-state index is -0.411. The molecule has 0 fully saturated rings. The van der Waals surface area contributed by atoms with Crippen molar-refractivity contribution in [1.82, 2.24) is 0 Å². The van der Waals surface area contributed by atoms with Crippen molar-refractivity contribution >= 4 is 0 Å². The van der Waals surface area contributed by atoms with Crippen LogP contribution in [0.4, 0.5) is 0 Å². The van der Waals surface area contributed by atoms with Gasteiger partial charge in [-0.25, -0.2) is 0 Å². The zero-order chi connectivity index (χ0) is 9.97. The van der Waals surface area contributed by atoms with E-state index in [1.807, 2.05) is 55.5 Å². The molecular weight excluding hydrogens is 172 g/mol. The maximum atomic E-state index is 10.0.